The van der Waals surface area contributed by atoms with Crippen LogP contribution < -0.4 is 10.0 Å². The van der Waals surface area contributed by atoms with E-state index in [4.69, 9.17) is 4.42 Å². The third-order valence-corrected chi connectivity index (χ3v) is 6.51. The van der Waals surface area contributed by atoms with E-state index in [1.807, 2.05) is 0 Å². The molecule has 1 fully saturated rings. The van der Waals surface area contributed by atoms with E-state index in [2.05, 4.69) is 10.0 Å². The van der Waals surface area contributed by atoms with Crippen molar-refractivity contribution in [3.63, 3.8) is 0 Å². The third kappa shape index (κ3) is 4.68. The van der Waals surface area contributed by atoms with E-state index in [9.17, 15) is 18.0 Å². The van der Waals surface area contributed by atoms with Crippen molar-refractivity contribution in [3.8, 4) is 0 Å². The molecule has 2 N–H and O–H groups in total. The van der Waals surface area contributed by atoms with Gasteiger partial charge in [0, 0.05) is 24.7 Å². The lowest BCUT2D eigenvalue weighted by Gasteiger charge is -2.32. The van der Waals surface area contributed by atoms with E-state index in [0.717, 1.165) is 0 Å². The Morgan fingerprint density at radius 3 is 2.38 bits per heavy atom. The summed E-state index contributed by atoms with van der Waals surface area (Å²) >= 11 is 0. The molecule has 2 heterocycles. The van der Waals surface area contributed by atoms with Crippen molar-refractivity contribution in [2.45, 2.75) is 37.6 Å². The van der Waals surface area contributed by atoms with Gasteiger partial charge < -0.3 is 14.6 Å². The molecule has 1 aliphatic heterocycles. The second-order valence-electron chi connectivity index (χ2n) is 7.13. The summed E-state index contributed by atoms with van der Waals surface area (Å²) in [7, 11) is -2.29. The lowest BCUT2D eigenvalue weighted by molar-refractivity contribution is 0.0694. The van der Waals surface area contributed by atoms with Crippen LogP contribution in [-0.4, -0.2) is 51.3 Å². The van der Waals surface area contributed by atoms with Gasteiger partial charge in [-0.25, -0.2) is 13.1 Å². The van der Waals surface area contributed by atoms with E-state index >= 15 is 0 Å². The van der Waals surface area contributed by atoms with Gasteiger partial charge in [-0.3, -0.25) is 9.59 Å². The molecule has 1 aromatic heterocycles. The molecule has 0 unspecified atom stereocenters. The van der Waals surface area contributed by atoms with Crippen molar-refractivity contribution in [1.29, 1.82) is 0 Å². The predicted molar refractivity (Wildman–Crippen MR) is 107 cm³/mol. The molecule has 0 aliphatic carbocycles. The van der Waals surface area contributed by atoms with Crippen LogP contribution in [0.15, 0.2) is 39.6 Å². The summed E-state index contributed by atoms with van der Waals surface area (Å²) in [4.78, 5) is 26.9. The SMILES string of the molecule is CNS(=O)(=O)c1ccc(C)c(C(=O)N2CCC(NC(=O)c3ccc(C)o3)CC2)c1. The number of benzene rings is 1. The topological polar surface area (TPSA) is 109 Å². The first kappa shape index (κ1) is 21.1. The Morgan fingerprint density at radius 1 is 1.10 bits per heavy atom. The standard InChI is InChI=1S/C20H25N3O5S/c1-13-4-6-16(29(26,27)21-3)12-17(13)20(25)23-10-8-15(9-11-23)22-19(24)18-7-5-14(2)28-18/h4-7,12,15,21H,8-11H2,1-3H3,(H,22,24). The fourth-order valence-electron chi connectivity index (χ4n) is 3.33. The Labute approximate surface area is 170 Å². The average Bonchev–Trinajstić information content (AvgIpc) is 3.15. The minimum Gasteiger partial charge on any atom is -0.456 e. The average molecular weight is 420 g/mol. The lowest BCUT2D eigenvalue weighted by Crippen LogP contribution is -2.46. The van der Waals surface area contributed by atoms with Gasteiger partial charge >= 0.3 is 0 Å². The molecule has 29 heavy (non-hydrogen) atoms. The molecule has 1 saturated heterocycles. The first-order valence-corrected chi connectivity index (χ1v) is 10.9. The number of hydrogen-bond donors (Lipinski definition) is 2. The second kappa shape index (κ2) is 8.38. The highest BCUT2D eigenvalue weighted by atomic mass is 32.2. The van der Waals surface area contributed by atoms with Crippen molar-refractivity contribution in [2.75, 3.05) is 20.1 Å². The summed E-state index contributed by atoms with van der Waals surface area (Å²) < 4.78 is 31.7. The molecule has 0 saturated carbocycles. The number of piperidine rings is 1. The highest BCUT2D eigenvalue weighted by Crippen LogP contribution is 2.20. The number of amides is 2. The van der Waals surface area contributed by atoms with Gasteiger partial charge in [-0.2, -0.15) is 0 Å². The minimum atomic E-state index is -3.63. The predicted octanol–water partition coefficient (Wildman–Crippen LogP) is 1.84. The van der Waals surface area contributed by atoms with Gasteiger partial charge in [0.1, 0.15) is 5.76 Å². The monoisotopic (exact) mass is 419 g/mol. The number of aryl methyl sites for hydroxylation is 2. The van der Waals surface area contributed by atoms with E-state index in [-0.39, 0.29) is 28.5 Å². The molecule has 0 bridgehead atoms. The van der Waals surface area contributed by atoms with Crippen LogP contribution in [0, 0.1) is 13.8 Å². The van der Waals surface area contributed by atoms with Gasteiger partial charge in [0.15, 0.2) is 5.76 Å². The van der Waals surface area contributed by atoms with Gasteiger partial charge in [0.25, 0.3) is 11.8 Å². The summed E-state index contributed by atoms with van der Waals surface area (Å²) in [6.45, 7) is 4.51. The molecular formula is C20H25N3O5S. The molecule has 0 radical (unpaired) electrons. The van der Waals surface area contributed by atoms with E-state index in [1.165, 1.54) is 19.2 Å². The third-order valence-electron chi connectivity index (χ3n) is 5.10. The van der Waals surface area contributed by atoms with Crippen molar-refractivity contribution < 1.29 is 22.4 Å². The van der Waals surface area contributed by atoms with Crippen LogP contribution in [0.2, 0.25) is 0 Å². The quantitative estimate of drug-likeness (QED) is 0.769. The fourth-order valence-corrected chi connectivity index (χ4v) is 4.08. The van der Waals surface area contributed by atoms with Gasteiger partial charge in [0.2, 0.25) is 10.0 Å². The largest absolute Gasteiger partial charge is 0.456 e. The Kier molecular flexibility index (Phi) is 6.09. The smallest absolute Gasteiger partial charge is 0.287 e. The fraction of sp³-hybridized carbons (Fsp3) is 0.400. The highest BCUT2D eigenvalue weighted by molar-refractivity contribution is 7.89. The van der Waals surface area contributed by atoms with E-state index < -0.39 is 10.0 Å². The Balaban J connectivity index is 1.64. The van der Waals surface area contributed by atoms with E-state index in [0.29, 0.717) is 42.8 Å². The van der Waals surface area contributed by atoms with Crippen molar-refractivity contribution in [1.82, 2.24) is 14.9 Å². The van der Waals surface area contributed by atoms with Crippen LogP contribution >= 0.6 is 0 Å². The van der Waals surface area contributed by atoms with Crippen LogP contribution in [0.25, 0.3) is 0 Å². The summed E-state index contributed by atoms with van der Waals surface area (Å²) in [6, 6.07) is 7.86. The number of sulfonamides is 1. The molecule has 9 heteroatoms. The molecule has 156 valence electrons. The number of nitrogens with one attached hydrogen (secondary N) is 2. The van der Waals surface area contributed by atoms with Crippen LogP contribution in [-0.2, 0) is 10.0 Å². The molecule has 0 atom stereocenters. The van der Waals surface area contributed by atoms with Gasteiger partial charge in [-0.05, 0) is 63.6 Å². The molecule has 1 aromatic carbocycles. The molecule has 1 aliphatic rings. The van der Waals surface area contributed by atoms with Crippen molar-refractivity contribution >= 4 is 21.8 Å². The summed E-state index contributed by atoms with van der Waals surface area (Å²) in [5, 5.41) is 2.94. The van der Waals surface area contributed by atoms with E-state index in [1.54, 1.807) is 36.9 Å². The number of carbonyl (C=O) groups is 2. The molecule has 3 rings (SSSR count). The number of likely N-dealkylation sites (tertiary alicyclic amines) is 1. The second-order valence-corrected chi connectivity index (χ2v) is 9.02. The first-order chi connectivity index (χ1) is 13.7. The summed E-state index contributed by atoms with van der Waals surface area (Å²) in [5.41, 5.74) is 1.09. The maximum atomic E-state index is 12.9. The Morgan fingerprint density at radius 2 is 1.79 bits per heavy atom. The number of furan rings is 1. The van der Waals surface area contributed by atoms with Gasteiger partial charge in [-0.1, -0.05) is 6.07 Å². The van der Waals surface area contributed by atoms with Gasteiger partial charge in [-0.15, -0.1) is 0 Å². The Hall–Kier alpha value is -2.65. The normalized spacial score (nSPS) is 15.3. The number of hydrogen-bond acceptors (Lipinski definition) is 5. The zero-order valence-corrected chi connectivity index (χ0v) is 17.5. The van der Waals surface area contributed by atoms with Crippen LogP contribution in [0.1, 0.15) is 45.1 Å². The summed E-state index contributed by atoms with van der Waals surface area (Å²) in [6.07, 6.45) is 1.23. The number of rotatable bonds is 5. The zero-order chi connectivity index (χ0) is 21.2. The summed E-state index contributed by atoms with van der Waals surface area (Å²) in [5.74, 6) is 0.485. The van der Waals surface area contributed by atoms with Crippen molar-refractivity contribution in [2.24, 2.45) is 0 Å². The minimum absolute atomic E-state index is 0.0472. The molecular weight excluding hydrogens is 394 g/mol. The first-order valence-electron chi connectivity index (χ1n) is 9.42. The molecule has 8 nitrogen and oxygen atoms in total. The highest BCUT2D eigenvalue weighted by Gasteiger charge is 2.27. The maximum Gasteiger partial charge on any atom is 0.287 e. The molecule has 2 aromatic rings. The molecule has 2 amide bonds. The lowest BCUT2D eigenvalue weighted by atomic mass is 10.0. The van der Waals surface area contributed by atoms with Crippen molar-refractivity contribution in [3.05, 3.63) is 53.0 Å². The van der Waals surface area contributed by atoms with Crippen LogP contribution in [0.5, 0.6) is 0 Å². The molecule has 0 spiro atoms. The Bertz CT molecular complexity index is 1020. The number of nitrogens with zero attached hydrogens (tertiary/aromatic N) is 1. The zero-order valence-electron chi connectivity index (χ0n) is 16.7. The van der Waals surface area contributed by atoms with Crippen LogP contribution in [0.4, 0.5) is 0 Å². The van der Waals surface area contributed by atoms with Crippen LogP contribution in [0.3, 0.4) is 0 Å². The maximum absolute atomic E-state index is 12.9. The number of carbonyl (C=O) groups excluding carboxylic acids is 2. The van der Waals surface area contributed by atoms with Gasteiger partial charge in [0.05, 0.1) is 4.90 Å².